The Hall–Kier alpha value is -1.97. The molecule has 2 aliphatic rings. The Morgan fingerprint density at radius 1 is 1.18 bits per heavy atom. The Kier molecular flexibility index (Phi) is 6.56. The van der Waals surface area contributed by atoms with Gasteiger partial charge in [-0.1, -0.05) is 0 Å². The second kappa shape index (κ2) is 9.49. The summed E-state index contributed by atoms with van der Waals surface area (Å²) in [4.78, 5) is 22.4. The first-order valence-electron chi connectivity index (χ1n) is 9.72. The molecule has 150 valence electrons. The molecule has 4 rings (SSSR count). The number of hydrazone groups is 1. The van der Waals surface area contributed by atoms with E-state index in [1.165, 1.54) is 24.3 Å². The van der Waals surface area contributed by atoms with Crippen LogP contribution < -0.4 is 15.2 Å². The monoisotopic (exact) mass is 419 g/mol. The summed E-state index contributed by atoms with van der Waals surface area (Å²) in [5.41, 5.74) is 3.39. The van der Waals surface area contributed by atoms with Crippen molar-refractivity contribution in [1.29, 1.82) is 0 Å². The van der Waals surface area contributed by atoms with Gasteiger partial charge in [0.15, 0.2) is 5.13 Å². The predicted octanol–water partition coefficient (Wildman–Crippen LogP) is 2.72. The van der Waals surface area contributed by atoms with Gasteiger partial charge < -0.3 is 14.5 Å². The van der Waals surface area contributed by atoms with Gasteiger partial charge in [0.2, 0.25) is 5.91 Å². The molecule has 0 radical (unpaired) electrons. The molecular weight excluding hydrogens is 394 g/mol. The molecular formula is C19H25N5O2S2. The zero-order chi connectivity index (χ0) is 19.2. The lowest BCUT2D eigenvalue weighted by molar-refractivity contribution is -0.120. The number of ether oxygens (including phenoxy) is 1. The van der Waals surface area contributed by atoms with Crippen LogP contribution in [0.15, 0.2) is 22.6 Å². The maximum absolute atomic E-state index is 12.1. The fraction of sp³-hybridized carbons (Fsp3) is 0.526. The molecule has 1 amide bonds. The number of hydrogen-bond acceptors (Lipinski definition) is 8. The SMILES string of the molecule is O=C(Cc1csc(N2CCOCC2)n1)N/N=C\c1ccc(N2CCCCC2)s1. The molecule has 2 fully saturated rings. The highest BCUT2D eigenvalue weighted by atomic mass is 32.1. The number of nitrogens with zero attached hydrogens (tertiary/aromatic N) is 4. The number of nitrogens with one attached hydrogen (secondary N) is 1. The maximum atomic E-state index is 12.1. The minimum absolute atomic E-state index is 0.150. The Morgan fingerprint density at radius 2 is 2.00 bits per heavy atom. The third-order valence-corrected chi connectivity index (χ3v) is 6.86. The summed E-state index contributed by atoms with van der Waals surface area (Å²) >= 11 is 3.29. The van der Waals surface area contributed by atoms with E-state index in [1.807, 2.05) is 5.38 Å². The molecule has 0 atom stereocenters. The summed E-state index contributed by atoms with van der Waals surface area (Å²) in [6, 6.07) is 4.20. The molecule has 0 aliphatic carbocycles. The minimum Gasteiger partial charge on any atom is -0.378 e. The summed E-state index contributed by atoms with van der Waals surface area (Å²) in [5.74, 6) is -0.150. The van der Waals surface area contributed by atoms with Gasteiger partial charge in [-0.2, -0.15) is 5.10 Å². The molecule has 0 saturated carbocycles. The second-order valence-electron chi connectivity index (χ2n) is 6.91. The number of piperidine rings is 1. The van der Waals surface area contributed by atoms with Crippen molar-refractivity contribution in [3.05, 3.63) is 28.1 Å². The number of morpholine rings is 1. The van der Waals surface area contributed by atoms with Crippen LogP contribution in [0.3, 0.4) is 0 Å². The third-order valence-electron chi connectivity index (χ3n) is 4.82. The molecule has 4 heterocycles. The van der Waals surface area contributed by atoms with Gasteiger partial charge in [0.05, 0.1) is 36.5 Å². The molecule has 28 heavy (non-hydrogen) atoms. The third kappa shape index (κ3) is 5.09. The number of anilines is 2. The highest BCUT2D eigenvalue weighted by Crippen LogP contribution is 2.27. The van der Waals surface area contributed by atoms with Crippen molar-refractivity contribution in [3.63, 3.8) is 0 Å². The van der Waals surface area contributed by atoms with Crippen molar-refractivity contribution >= 4 is 44.9 Å². The van der Waals surface area contributed by atoms with Gasteiger partial charge in [-0.25, -0.2) is 10.4 Å². The molecule has 9 heteroatoms. The first kappa shape index (κ1) is 19.4. The van der Waals surface area contributed by atoms with Crippen LogP contribution in [0.2, 0.25) is 0 Å². The quantitative estimate of drug-likeness (QED) is 0.576. The van der Waals surface area contributed by atoms with E-state index in [4.69, 9.17) is 4.74 Å². The van der Waals surface area contributed by atoms with E-state index >= 15 is 0 Å². The van der Waals surface area contributed by atoms with Gasteiger partial charge in [-0.3, -0.25) is 4.79 Å². The zero-order valence-electron chi connectivity index (χ0n) is 15.8. The standard InChI is InChI=1S/C19H25N5O2S2/c25-17(12-15-14-27-19(21-15)24-8-10-26-11-9-24)22-20-13-16-4-5-18(28-16)23-6-2-1-3-7-23/h4-5,13-14H,1-3,6-12H2,(H,22,25)/b20-13-. The Balaban J connectivity index is 1.25. The average molecular weight is 420 g/mol. The lowest BCUT2D eigenvalue weighted by Crippen LogP contribution is -2.36. The van der Waals surface area contributed by atoms with Crippen LogP contribution in [0.1, 0.15) is 29.8 Å². The van der Waals surface area contributed by atoms with E-state index < -0.39 is 0 Å². The first-order valence-corrected chi connectivity index (χ1v) is 11.4. The predicted molar refractivity (Wildman–Crippen MR) is 115 cm³/mol. The largest absolute Gasteiger partial charge is 0.378 e. The van der Waals surface area contributed by atoms with Gasteiger partial charge in [-0.15, -0.1) is 22.7 Å². The molecule has 1 N–H and O–H groups in total. The normalized spacial score (nSPS) is 18.0. The van der Waals surface area contributed by atoms with Gasteiger partial charge in [0.1, 0.15) is 0 Å². The number of carbonyl (C=O) groups excluding carboxylic acids is 1. The lowest BCUT2D eigenvalue weighted by Gasteiger charge is -2.27. The van der Waals surface area contributed by atoms with Crippen molar-refractivity contribution in [1.82, 2.24) is 10.4 Å². The van der Waals surface area contributed by atoms with Crippen molar-refractivity contribution in [2.75, 3.05) is 49.2 Å². The van der Waals surface area contributed by atoms with Crippen molar-refractivity contribution in [2.24, 2.45) is 5.10 Å². The van der Waals surface area contributed by atoms with Gasteiger partial charge in [0, 0.05) is 36.4 Å². The van der Waals surface area contributed by atoms with Crippen molar-refractivity contribution < 1.29 is 9.53 Å². The Labute approximate surface area is 173 Å². The number of hydrogen-bond donors (Lipinski definition) is 1. The molecule has 2 aromatic rings. The molecule has 0 bridgehead atoms. The van der Waals surface area contributed by atoms with Gasteiger partial charge in [-0.05, 0) is 31.4 Å². The topological polar surface area (TPSA) is 70.1 Å². The molecule has 2 aliphatic heterocycles. The van der Waals surface area contributed by atoms with E-state index in [0.717, 1.165) is 55.1 Å². The number of amides is 1. The summed E-state index contributed by atoms with van der Waals surface area (Å²) in [5, 5.41) is 8.29. The molecule has 0 unspecified atom stereocenters. The Bertz CT molecular complexity index is 807. The van der Waals surface area contributed by atoms with Crippen LogP contribution in [0.25, 0.3) is 0 Å². The number of carbonyl (C=O) groups is 1. The maximum Gasteiger partial charge on any atom is 0.246 e. The molecule has 2 saturated heterocycles. The smallest absolute Gasteiger partial charge is 0.246 e. The van der Waals surface area contributed by atoms with Crippen LogP contribution in [-0.2, 0) is 16.0 Å². The van der Waals surface area contributed by atoms with E-state index in [-0.39, 0.29) is 12.3 Å². The van der Waals surface area contributed by atoms with Crippen LogP contribution in [-0.4, -0.2) is 56.5 Å². The number of thiazole rings is 1. The van der Waals surface area contributed by atoms with E-state index in [2.05, 4.69) is 37.4 Å². The Morgan fingerprint density at radius 3 is 2.82 bits per heavy atom. The van der Waals surface area contributed by atoms with Crippen LogP contribution in [0.4, 0.5) is 10.1 Å². The van der Waals surface area contributed by atoms with Crippen molar-refractivity contribution in [2.45, 2.75) is 25.7 Å². The zero-order valence-corrected chi connectivity index (χ0v) is 17.4. The van der Waals surface area contributed by atoms with Crippen LogP contribution in [0.5, 0.6) is 0 Å². The van der Waals surface area contributed by atoms with Crippen LogP contribution >= 0.6 is 22.7 Å². The van der Waals surface area contributed by atoms with Crippen molar-refractivity contribution in [3.8, 4) is 0 Å². The molecule has 0 aromatic carbocycles. The summed E-state index contributed by atoms with van der Waals surface area (Å²) in [6.45, 7) is 5.42. The number of thiophene rings is 1. The fourth-order valence-corrected chi connectivity index (χ4v) is 5.15. The van der Waals surface area contributed by atoms with Gasteiger partial charge in [0.25, 0.3) is 0 Å². The van der Waals surface area contributed by atoms with Gasteiger partial charge >= 0.3 is 0 Å². The second-order valence-corrected chi connectivity index (χ2v) is 8.84. The molecule has 2 aromatic heterocycles. The number of rotatable bonds is 6. The summed E-state index contributed by atoms with van der Waals surface area (Å²) < 4.78 is 5.36. The number of aromatic nitrogens is 1. The fourth-order valence-electron chi connectivity index (χ4n) is 3.35. The van der Waals surface area contributed by atoms with E-state index in [0.29, 0.717) is 0 Å². The van der Waals surface area contributed by atoms with E-state index in [1.54, 1.807) is 28.9 Å². The minimum atomic E-state index is -0.150. The summed E-state index contributed by atoms with van der Waals surface area (Å²) in [7, 11) is 0. The summed E-state index contributed by atoms with van der Waals surface area (Å²) in [6.07, 6.45) is 5.81. The first-order chi connectivity index (χ1) is 13.8. The average Bonchev–Trinajstić information content (AvgIpc) is 3.39. The molecule has 7 nitrogen and oxygen atoms in total. The van der Waals surface area contributed by atoms with E-state index in [9.17, 15) is 4.79 Å². The highest BCUT2D eigenvalue weighted by Gasteiger charge is 2.16. The lowest BCUT2D eigenvalue weighted by atomic mass is 10.1. The van der Waals surface area contributed by atoms with Crippen LogP contribution in [0, 0.1) is 0 Å². The highest BCUT2D eigenvalue weighted by molar-refractivity contribution is 7.17. The molecule has 0 spiro atoms.